The van der Waals surface area contributed by atoms with E-state index >= 15 is 0 Å². The highest BCUT2D eigenvalue weighted by atomic mass is 32.1. The zero-order valence-electron chi connectivity index (χ0n) is 19.5. The van der Waals surface area contributed by atoms with Gasteiger partial charge in [0, 0.05) is 28.0 Å². The molecule has 8 nitrogen and oxygen atoms in total. The molecule has 0 aliphatic heterocycles. The number of benzene rings is 2. The van der Waals surface area contributed by atoms with Crippen molar-refractivity contribution < 1.29 is 9.53 Å². The van der Waals surface area contributed by atoms with E-state index in [0.717, 1.165) is 34.1 Å². The number of fused-ring (bicyclic) bond motifs is 1. The number of amides is 1. The summed E-state index contributed by atoms with van der Waals surface area (Å²) in [5.41, 5.74) is 5.27. The van der Waals surface area contributed by atoms with Crippen LogP contribution in [-0.4, -0.2) is 32.1 Å². The maximum absolute atomic E-state index is 12.7. The van der Waals surface area contributed by atoms with Crippen LogP contribution in [0, 0.1) is 13.8 Å². The third kappa shape index (κ3) is 4.33. The van der Waals surface area contributed by atoms with Crippen LogP contribution in [0.4, 0.5) is 5.13 Å². The van der Waals surface area contributed by atoms with Crippen LogP contribution in [0.1, 0.15) is 11.4 Å². The van der Waals surface area contributed by atoms with Gasteiger partial charge in [-0.25, -0.2) is 9.97 Å². The van der Waals surface area contributed by atoms with E-state index in [2.05, 4.69) is 25.9 Å². The van der Waals surface area contributed by atoms with Gasteiger partial charge in [0.25, 0.3) is 5.56 Å². The average Bonchev–Trinajstić information content (AvgIpc) is 3.44. The fourth-order valence-corrected chi connectivity index (χ4v) is 4.86. The highest BCUT2D eigenvalue weighted by Crippen LogP contribution is 2.32. The monoisotopic (exact) mass is 485 g/mol. The zero-order chi connectivity index (χ0) is 24.5. The highest BCUT2D eigenvalue weighted by Gasteiger charge is 2.16. The lowest BCUT2D eigenvalue weighted by Gasteiger charge is -2.10. The highest BCUT2D eigenvalue weighted by molar-refractivity contribution is 7.14. The van der Waals surface area contributed by atoms with Gasteiger partial charge in [0.2, 0.25) is 5.91 Å². The number of aryl methyl sites for hydroxylation is 1. The van der Waals surface area contributed by atoms with E-state index in [-0.39, 0.29) is 18.0 Å². The SMILES string of the molecule is COc1ccc(-n2c(C)cc(-c3csc(NC(=O)Cn4cnc5ccccc5c4=O)n3)c2C)cc1. The molecule has 3 heterocycles. The van der Waals surface area contributed by atoms with Crippen LogP contribution >= 0.6 is 11.3 Å². The second kappa shape index (κ2) is 9.19. The van der Waals surface area contributed by atoms with Gasteiger partial charge in [-0.15, -0.1) is 11.3 Å². The van der Waals surface area contributed by atoms with Gasteiger partial charge in [-0.1, -0.05) is 12.1 Å². The number of hydrogen-bond donors (Lipinski definition) is 1. The first-order valence-corrected chi connectivity index (χ1v) is 11.9. The van der Waals surface area contributed by atoms with E-state index < -0.39 is 0 Å². The quantitative estimate of drug-likeness (QED) is 0.380. The molecule has 0 aliphatic rings. The number of nitrogens with one attached hydrogen (secondary N) is 1. The van der Waals surface area contributed by atoms with Crippen LogP contribution in [0.25, 0.3) is 27.8 Å². The summed E-state index contributed by atoms with van der Waals surface area (Å²) < 4.78 is 8.72. The van der Waals surface area contributed by atoms with Gasteiger partial charge in [-0.3, -0.25) is 14.2 Å². The molecule has 0 saturated heterocycles. The van der Waals surface area contributed by atoms with Crippen LogP contribution in [-0.2, 0) is 11.3 Å². The van der Waals surface area contributed by atoms with E-state index in [9.17, 15) is 9.59 Å². The molecule has 0 atom stereocenters. The van der Waals surface area contributed by atoms with Crippen LogP contribution in [0.5, 0.6) is 5.75 Å². The summed E-state index contributed by atoms with van der Waals surface area (Å²) in [7, 11) is 1.65. The van der Waals surface area contributed by atoms with Crippen molar-refractivity contribution in [2.75, 3.05) is 12.4 Å². The van der Waals surface area contributed by atoms with Gasteiger partial charge in [-0.2, -0.15) is 0 Å². The molecule has 1 amide bonds. The second-order valence-corrected chi connectivity index (χ2v) is 8.96. The molecule has 0 bridgehead atoms. The summed E-state index contributed by atoms with van der Waals surface area (Å²) in [5, 5.41) is 5.67. The molecule has 2 aromatic carbocycles. The number of carbonyl (C=O) groups excluding carboxylic acids is 1. The second-order valence-electron chi connectivity index (χ2n) is 8.10. The lowest BCUT2D eigenvalue weighted by molar-refractivity contribution is -0.116. The van der Waals surface area contributed by atoms with Gasteiger partial charge in [0.15, 0.2) is 5.13 Å². The van der Waals surface area contributed by atoms with E-state index in [4.69, 9.17) is 4.74 Å². The van der Waals surface area contributed by atoms with Gasteiger partial charge >= 0.3 is 0 Å². The summed E-state index contributed by atoms with van der Waals surface area (Å²) in [6, 6.07) is 17.0. The molecular formula is C26H23N5O3S. The number of ether oxygens (including phenoxy) is 1. The molecule has 0 fully saturated rings. The van der Waals surface area contributed by atoms with E-state index in [1.54, 1.807) is 25.3 Å². The Morgan fingerprint density at radius 1 is 1.11 bits per heavy atom. The van der Waals surface area contributed by atoms with Crippen LogP contribution in [0.3, 0.4) is 0 Å². The minimum atomic E-state index is -0.339. The smallest absolute Gasteiger partial charge is 0.261 e. The molecule has 5 rings (SSSR count). The normalized spacial score (nSPS) is 11.1. The zero-order valence-corrected chi connectivity index (χ0v) is 20.3. The Balaban J connectivity index is 1.35. The minimum Gasteiger partial charge on any atom is -0.497 e. The number of thiazole rings is 1. The predicted molar refractivity (Wildman–Crippen MR) is 138 cm³/mol. The van der Waals surface area contributed by atoms with Crippen molar-refractivity contribution in [2.45, 2.75) is 20.4 Å². The maximum Gasteiger partial charge on any atom is 0.261 e. The summed E-state index contributed by atoms with van der Waals surface area (Å²) in [6.45, 7) is 3.95. The van der Waals surface area contributed by atoms with Gasteiger partial charge in [0.05, 0.1) is 30.0 Å². The van der Waals surface area contributed by atoms with E-state index in [1.165, 1.54) is 22.2 Å². The van der Waals surface area contributed by atoms with Crippen LogP contribution in [0.15, 0.2) is 71.1 Å². The summed E-state index contributed by atoms with van der Waals surface area (Å²) >= 11 is 1.34. The Labute approximate surface area is 205 Å². The molecule has 176 valence electrons. The average molecular weight is 486 g/mol. The summed E-state index contributed by atoms with van der Waals surface area (Å²) in [6.07, 6.45) is 1.39. The first-order valence-electron chi connectivity index (χ1n) is 11.0. The van der Waals surface area contributed by atoms with Crippen molar-refractivity contribution in [2.24, 2.45) is 0 Å². The number of anilines is 1. The van der Waals surface area contributed by atoms with Crippen molar-refractivity contribution in [1.29, 1.82) is 0 Å². The molecule has 0 aliphatic carbocycles. The van der Waals surface area contributed by atoms with E-state index in [0.29, 0.717) is 16.0 Å². The van der Waals surface area contributed by atoms with Crippen molar-refractivity contribution in [1.82, 2.24) is 19.1 Å². The molecule has 0 radical (unpaired) electrons. The van der Waals surface area contributed by atoms with Gasteiger partial charge in [-0.05, 0) is 56.3 Å². The van der Waals surface area contributed by atoms with Crippen LogP contribution < -0.4 is 15.6 Å². The predicted octanol–water partition coefficient (Wildman–Crippen LogP) is 4.57. The Morgan fingerprint density at radius 2 is 1.89 bits per heavy atom. The topological polar surface area (TPSA) is 91.0 Å². The largest absolute Gasteiger partial charge is 0.497 e. The lowest BCUT2D eigenvalue weighted by Crippen LogP contribution is -2.27. The third-order valence-corrected chi connectivity index (χ3v) is 6.59. The molecule has 35 heavy (non-hydrogen) atoms. The van der Waals surface area contributed by atoms with Gasteiger partial charge in [0.1, 0.15) is 12.3 Å². The molecule has 3 aromatic heterocycles. The molecule has 1 N–H and O–H groups in total. The van der Waals surface area contributed by atoms with Crippen LogP contribution in [0.2, 0.25) is 0 Å². The number of rotatable bonds is 6. The Morgan fingerprint density at radius 3 is 2.66 bits per heavy atom. The summed E-state index contributed by atoms with van der Waals surface area (Å²) in [5.74, 6) is 0.465. The van der Waals surface area contributed by atoms with Gasteiger partial charge < -0.3 is 14.6 Å². The fourth-order valence-electron chi connectivity index (χ4n) is 4.14. The molecular weight excluding hydrogens is 462 g/mol. The minimum absolute atomic E-state index is 0.141. The first kappa shape index (κ1) is 22.5. The fraction of sp³-hybridized carbons (Fsp3) is 0.154. The Hall–Kier alpha value is -4.24. The number of aromatic nitrogens is 4. The Bertz CT molecular complexity index is 1600. The number of methoxy groups -OCH3 is 1. The molecule has 0 spiro atoms. The molecule has 5 aromatic rings. The van der Waals surface area contributed by atoms with E-state index in [1.807, 2.05) is 49.6 Å². The maximum atomic E-state index is 12.7. The summed E-state index contributed by atoms with van der Waals surface area (Å²) in [4.78, 5) is 34.2. The number of hydrogen-bond acceptors (Lipinski definition) is 6. The van der Waals surface area contributed by atoms with Crippen molar-refractivity contribution in [3.8, 4) is 22.7 Å². The molecule has 0 unspecified atom stereocenters. The number of carbonyl (C=O) groups is 1. The third-order valence-electron chi connectivity index (χ3n) is 5.83. The van der Waals surface area contributed by atoms with Crippen molar-refractivity contribution >= 4 is 33.3 Å². The number of nitrogens with zero attached hydrogens (tertiary/aromatic N) is 4. The molecule has 9 heteroatoms. The molecule has 0 saturated carbocycles. The lowest BCUT2D eigenvalue weighted by atomic mass is 10.2. The first-order chi connectivity index (χ1) is 16.9. The van der Waals surface area contributed by atoms with Crippen molar-refractivity contribution in [3.63, 3.8) is 0 Å². The number of para-hydroxylation sites is 1. The van der Waals surface area contributed by atoms with Crippen molar-refractivity contribution in [3.05, 3.63) is 88.0 Å². The Kier molecular flexibility index (Phi) is 5.92. The standard InChI is InChI=1S/C26H23N5O3S/c1-16-12-21(17(2)31(16)18-8-10-19(34-3)11-9-18)23-14-35-26(28-23)29-24(32)13-30-15-27-22-7-5-4-6-20(22)25(30)33/h4-12,14-15H,13H2,1-3H3,(H,28,29,32).